The molecule has 4 unspecified atom stereocenters. The van der Waals surface area contributed by atoms with E-state index in [1.54, 1.807) is 0 Å². The van der Waals surface area contributed by atoms with Gasteiger partial charge in [-0.1, -0.05) is 26.8 Å². The van der Waals surface area contributed by atoms with Crippen LogP contribution in [0.15, 0.2) is 17.5 Å². The van der Waals surface area contributed by atoms with Crippen LogP contribution in [0.1, 0.15) is 51.3 Å². The molecule has 0 radical (unpaired) electrons. The fourth-order valence-electron chi connectivity index (χ4n) is 5.13. The van der Waals surface area contributed by atoms with Gasteiger partial charge in [-0.05, 0) is 36.6 Å². The van der Waals surface area contributed by atoms with Crippen LogP contribution in [0.5, 0.6) is 0 Å². The molecule has 2 fully saturated rings. The smallest absolute Gasteiger partial charge is 0.329 e. The summed E-state index contributed by atoms with van der Waals surface area (Å²) in [5, 5.41) is 13.4. The van der Waals surface area contributed by atoms with Crippen LogP contribution in [-0.2, 0) is 25.5 Å². The highest BCUT2D eigenvalue weighted by molar-refractivity contribution is 7.09. The third-order valence-corrected chi connectivity index (χ3v) is 7.59. The van der Waals surface area contributed by atoms with Crippen molar-refractivity contribution < 1.29 is 24.2 Å². The van der Waals surface area contributed by atoms with Gasteiger partial charge in [0.25, 0.3) is 0 Å². The van der Waals surface area contributed by atoms with E-state index in [2.05, 4.69) is 26.1 Å². The molecule has 1 aromatic heterocycles. The molecular weight excluding hydrogens is 392 g/mol. The number of hydrogen-bond donors (Lipinski definition) is 3. The second kappa shape index (κ2) is 8.07. The molecule has 5 atom stereocenters. The van der Waals surface area contributed by atoms with Crippen molar-refractivity contribution >= 4 is 29.2 Å². The first-order valence-electron chi connectivity index (χ1n) is 10.0. The molecule has 8 heteroatoms. The SMILES string of the molecule is CC12CCC(C1)C(C)(C)C2OC(=O)C(Cc1cccs1)NC(=O)[C@@H](N)CC(=O)O. The van der Waals surface area contributed by atoms with Crippen molar-refractivity contribution in [2.24, 2.45) is 22.5 Å². The first-order chi connectivity index (χ1) is 13.5. The van der Waals surface area contributed by atoms with Gasteiger partial charge in [0.05, 0.1) is 12.5 Å². The second-order valence-electron chi connectivity index (χ2n) is 9.28. The number of carbonyl (C=O) groups is 3. The molecule has 1 heterocycles. The summed E-state index contributed by atoms with van der Waals surface area (Å²) in [6, 6.07) is 1.64. The van der Waals surface area contributed by atoms with E-state index in [0.717, 1.165) is 24.1 Å². The van der Waals surface area contributed by atoms with Crippen LogP contribution < -0.4 is 11.1 Å². The molecule has 3 rings (SSSR count). The summed E-state index contributed by atoms with van der Waals surface area (Å²) in [6.45, 7) is 6.47. The summed E-state index contributed by atoms with van der Waals surface area (Å²) in [7, 11) is 0. The summed E-state index contributed by atoms with van der Waals surface area (Å²) >= 11 is 1.48. The summed E-state index contributed by atoms with van der Waals surface area (Å²) in [4.78, 5) is 37.3. The zero-order valence-corrected chi connectivity index (χ0v) is 18.0. The Balaban J connectivity index is 1.74. The molecular formula is C21H30N2O5S. The predicted molar refractivity (Wildman–Crippen MR) is 109 cm³/mol. The number of nitrogens with two attached hydrogens (primary N) is 1. The molecule has 160 valence electrons. The van der Waals surface area contributed by atoms with Gasteiger partial charge in [-0.15, -0.1) is 11.3 Å². The number of thiophene rings is 1. The minimum Gasteiger partial charge on any atom is -0.481 e. The molecule has 0 aromatic carbocycles. The minimum atomic E-state index is -1.22. The molecule has 1 aromatic rings. The molecule has 0 saturated heterocycles. The Morgan fingerprint density at radius 3 is 2.66 bits per heavy atom. The van der Waals surface area contributed by atoms with Crippen molar-refractivity contribution in [1.82, 2.24) is 5.32 Å². The van der Waals surface area contributed by atoms with Gasteiger partial charge >= 0.3 is 11.9 Å². The first kappa shape index (κ1) is 21.8. The zero-order valence-electron chi connectivity index (χ0n) is 17.1. The number of nitrogens with one attached hydrogen (secondary N) is 1. The third kappa shape index (κ3) is 4.48. The number of hydrogen-bond acceptors (Lipinski definition) is 6. The van der Waals surface area contributed by atoms with E-state index in [4.69, 9.17) is 15.6 Å². The topological polar surface area (TPSA) is 119 Å². The average Bonchev–Trinajstić information content (AvgIpc) is 3.31. The van der Waals surface area contributed by atoms with Gasteiger partial charge in [0, 0.05) is 22.1 Å². The first-order valence-corrected chi connectivity index (χ1v) is 10.9. The standard InChI is InChI=1S/C21H30N2O5S/c1-20(2)12-6-7-21(3,11-12)19(20)28-18(27)15(9-13-5-4-8-29-13)23-17(26)14(22)10-16(24)25/h4-5,8,12,14-15,19H,6-7,9-11,22H2,1-3H3,(H,23,26)(H,24,25)/t12?,14-,15?,19?,21?/m0/s1. The quantitative estimate of drug-likeness (QED) is 0.553. The molecule has 29 heavy (non-hydrogen) atoms. The van der Waals surface area contributed by atoms with Gasteiger partial charge in [-0.25, -0.2) is 4.79 Å². The number of ether oxygens (including phenoxy) is 1. The van der Waals surface area contributed by atoms with Crippen LogP contribution in [0.25, 0.3) is 0 Å². The highest BCUT2D eigenvalue weighted by Gasteiger charge is 2.61. The van der Waals surface area contributed by atoms with E-state index in [1.807, 2.05) is 17.5 Å². The second-order valence-corrected chi connectivity index (χ2v) is 10.3. The molecule has 1 amide bonds. The summed E-state index contributed by atoms with van der Waals surface area (Å²) < 4.78 is 6.03. The van der Waals surface area contributed by atoms with Gasteiger partial charge in [0.15, 0.2) is 0 Å². The summed E-state index contributed by atoms with van der Waals surface area (Å²) in [6.07, 6.45) is 2.80. The third-order valence-electron chi connectivity index (χ3n) is 6.69. The maximum absolute atomic E-state index is 13.1. The number of rotatable bonds is 8. The molecule has 2 aliphatic rings. The highest BCUT2D eigenvalue weighted by atomic mass is 32.1. The van der Waals surface area contributed by atoms with E-state index in [-0.39, 0.29) is 23.4 Å². The number of fused-ring (bicyclic) bond motifs is 2. The molecule has 2 saturated carbocycles. The fourth-order valence-corrected chi connectivity index (χ4v) is 5.88. The number of carboxylic acid groups (broad SMARTS) is 1. The van der Waals surface area contributed by atoms with E-state index < -0.39 is 36.4 Å². The molecule has 7 nitrogen and oxygen atoms in total. The van der Waals surface area contributed by atoms with Gasteiger partial charge < -0.3 is 20.9 Å². The number of carbonyl (C=O) groups excluding carboxylic acids is 2. The average molecular weight is 423 g/mol. The van der Waals surface area contributed by atoms with Crippen molar-refractivity contribution in [2.75, 3.05) is 0 Å². The van der Waals surface area contributed by atoms with Crippen LogP contribution in [0.3, 0.4) is 0 Å². The molecule has 2 bridgehead atoms. The molecule has 4 N–H and O–H groups in total. The largest absolute Gasteiger partial charge is 0.481 e. The number of amides is 1. The van der Waals surface area contributed by atoms with E-state index >= 15 is 0 Å². The Hall–Kier alpha value is -1.93. The summed E-state index contributed by atoms with van der Waals surface area (Å²) in [5.74, 6) is -1.79. The lowest BCUT2D eigenvalue weighted by atomic mass is 9.70. The maximum atomic E-state index is 13.1. The van der Waals surface area contributed by atoms with E-state index in [1.165, 1.54) is 11.3 Å². The molecule has 0 aliphatic heterocycles. The minimum absolute atomic E-state index is 0.0406. The number of aliphatic carboxylic acids is 1. The van der Waals surface area contributed by atoms with Crippen LogP contribution in [-0.4, -0.2) is 41.1 Å². The lowest BCUT2D eigenvalue weighted by Crippen LogP contribution is -2.52. The Morgan fingerprint density at radius 2 is 2.10 bits per heavy atom. The van der Waals surface area contributed by atoms with Gasteiger partial charge in [0.1, 0.15) is 12.1 Å². The molecule has 0 spiro atoms. The van der Waals surface area contributed by atoms with E-state index in [9.17, 15) is 14.4 Å². The monoisotopic (exact) mass is 422 g/mol. The fraction of sp³-hybridized carbons (Fsp3) is 0.667. The number of esters is 1. The van der Waals surface area contributed by atoms with Gasteiger partial charge in [-0.3, -0.25) is 9.59 Å². The van der Waals surface area contributed by atoms with Crippen LogP contribution in [0.4, 0.5) is 0 Å². The van der Waals surface area contributed by atoms with Crippen molar-refractivity contribution in [1.29, 1.82) is 0 Å². The van der Waals surface area contributed by atoms with Gasteiger partial charge in [0.2, 0.25) is 5.91 Å². The van der Waals surface area contributed by atoms with Crippen LogP contribution in [0, 0.1) is 16.7 Å². The Morgan fingerprint density at radius 1 is 1.38 bits per heavy atom. The lowest BCUT2D eigenvalue weighted by molar-refractivity contribution is -0.168. The van der Waals surface area contributed by atoms with Crippen molar-refractivity contribution in [2.45, 2.75) is 71.1 Å². The Kier molecular flexibility index (Phi) is 6.06. The van der Waals surface area contributed by atoms with E-state index in [0.29, 0.717) is 5.92 Å². The predicted octanol–water partition coefficient (Wildman–Crippen LogP) is 2.34. The van der Waals surface area contributed by atoms with Crippen molar-refractivity contribution in [3.05, 3.63) is 22.4 Å². The zero-order chi connectivity index (χ0) is 21.4. The van der Waals surface area contributed by atoms with Crippen molar-refractivity contribution in [3.63, 3.8) is 0 Å². The van der Waals surface area contributed by atoms with Crippen LogP contribution in [0.2, 0.25) is 0 Å². The van der Waals surface area contributed by atoms with Crippen molar-refractivity contribution in [3.8, 4) is 0 Å². The highest BCUT2D eigenvalue weighted by Crippen LogP contribution is 2.63. The summed E-state index contributed by atoms with van der Waals surface area (Å²) in [5.41, 5.74) is 5.52. The van der Waals surface area contributed by atoms with Gasteiger partial charge in [-0.2, -0.15) is 0 Å². The molecule has 2 aliphatic carbocycles. The normalized spacial score (nSPS) is 29.2. The maximum Gasteiger partial charge on any atom is 0.329 e. The lowest BCUT2D eigenvalue weighted by Gasteiger charge is -2.42. The Bertz CT molecular complexity index is 773. The van der Waals surface area contributed by atoms with Crippen LogP contribution >= 0.6 is 11.3 Å². The number of carboxylic acids is 1. The Labute approximate surface area is 175 Å².